The number of carbonyl (C=O) groups excluding carboxylic acids is 1. The molecule has 0 unspecified atom stereocenters. The minimum Gasteiger partial charge on any atom is -0.436 e. The molecule has 1 aromatic heterocycles. The van der Waals surface area contributed by atoms with Gasteiger partial charge in [0, 0.05) is 15.5 Å². The van der Waals surface area contributed by atoms with Gasteiger partial charge in [0.05, 0.1) is 16.5 Å². The lowest BCUT2D eigenvalue weighted by Gasteiger charge is -2.08. The van der Waals surface area contributed by atoms with Crippen molar-refractivity contribution >= 4 is 57.7 Å². The molecule has 0 radical (unpaired) electrons. The van der Waals surface area contributed by atoms with Crippen LogP contribution in [0.25, 0.3) is 22.6 Å². The molecule has 1 heterocycles. The first-order chi connectivity index (χ1) is 14.4. The van der Waals surface area contributed by atoms with E-state index in [2.05, 4.69) is 16.4 Å². The third kappa shape index (κ3) is 4.64. The highest BCUT2D eigenvalue weighted by molar-refractivity contribution is 8.00. The van der Waals surface area contributed by atoms with E-state index in [1.807, 2.05) is 38.1 Å². The van der Waals surface area contributed by atoms with Gasteiger partial charge in [-0.15, -0.1) is 11.8 Å². The molecule has 1 N–H and O–H groups in total. The number of nitrogens with zero attached hydrogens (tertiary/aromatic N) is 1. The number of hydrogen-bond acceptors (Lipinski definition) is 4. The molecule has 0 aliphatic rings. The van der Waals surface area contributed by atoms with Gasteiger partial charge in [0.15, 0.2) is 5.58 Å². The van der Waals surface area contributed by atoms with Gasteiger partial charge in [0.25, 0.3) is 0 Å². The Kier molecular flexibility index (Phi) is 6.04. The Bertz CT molecular complexity index is 1240. The van der Waals surface area contributed by atoms with Crippen molar-refractivity contribution in [1.29, 1.82) is 0 Å². The lowest BCUT2D eigenvalue weighted by Crippen LogP contribution is -2.14. The highest BCUT2D eigenvalue weighted by Gasteiger charge is 2.14. The van der Waals surface area contributed by atoms with Crippen LogP contribution in [0, 0.1) is 13.8 Å². The van der Waals surface area contributed by atoms with Crippen molar-refractivity contribution in [2.45, 2.75) is 18.7 Å². The smallest absolute Gasteiger partial charge is 0.234 e. The number of thioether (sulfide) groups is 1. The van der Waals surface area contributed by atoms with Crippen molar-refractivity contribution in [2.75, 3.05) is 11.1 Å². The molecular formula is C23H18Cl2N2O2S. The summed E-state index contributed by atoms with van der Waals surface area (Å²) in [6, 6.07) is 16.7. The number of benzene rings is 3. The average Bonchev–Trinajstić information content (AvgIpc) is 3.13. The summed E-state index contributed by atoms with van der Waals surface area (Å²) in [7, 11) is 0. The van der Waals surface area contributed by atoms with Crippen molar-refractivity contribution < 1.29 is 9.21 Å². The predicted octanol–water partition coefficient (Wildman–Crippen LogP) is 7.15. The summed E-state index contributed by atoms with van der Waals surface area (Å²) in [6.07, 6.45) is 0. The molecule has 30 heavy (non-hydrogen) atoms. The number of anilines is 1. The van der Waals surface area contributed by atoms with Gasteiger partial charge in [0.1, 0.15) is 5.52 Å². The Hall–Kier alpha value is -2.47. The topological polar surface area (TPSA) is 55.1 Å². The van der Waals surface area contributed by atoms with Crippen molar-refractivity contribution in [3.63, 3.8) is 0 Å². The van der Waals surface area contributed by atoms with Gasteiger partial charge in [0.2, 0.25) is 11.8 Å². The predicted molar refractivity (Wildman–Crippen MR) is 125 cm³/mol. The summed E-state index contributed by atoms with van der Waals surface area (Å²) < 4.78 is 5.97. The van der Waals surface area contributed by atoms with Gasteiger partial charge in [-0.1, -0.05) is 29.3 Å². The van der Waals surface area contributed by atoms with Crippen LogP contribution in [0.15, 0.2) is 63.9 Å². The Morgan fingerprint density at radius 3 is 2.60 bits per heavy atom. The van der Waals surface area contributed by atoms with Crippen molar-refractivity contribution in [1.82, 2.24) is 4.98 Å². The normalized spacial score (nSPS) is 11.1. The minimum atomic E-state index is -0.155. The number of hydrogen-bond donors (Lipinski definition) is 1. The molecule has 1 amide bonds. The van der Waals surface area contributed by atoms with E-state index in [1.165, 1.54) is 11.8 Å². The molecule has 7 heteroatoms. The van der Waals surface area contributed by atoms with E-state index < -0.39 is 0 Å². The molecule has 0 atom stereocenters. The Morgan fingerprint density at radius 1 is 1.07 bits per heavy atom. The Balaban J connectivity index is 1.52. The fraction of sp³-hybridized carbons (Fsp3) is 0.130. The molecule has 4 nitrogen and oxygen atoms in total. The number of fused-ring (bicyclic) bond motifs is 1. The number of rotatable bonds is 5. The number of nitrogens with one attached hydrogen (secondary N) is 1. The Morgan fingerprint density at radius 2 is 1.83 bits per heavy atom. The minimum absolute atomic E-state index is 0.155. The average molecular weight is 457 g/mol. The van der Waals surface area contributed by atoms with Crippen molar-refractivity contribution in [2.24, 2.45) is 0 Å². The molecule has 4 rings (SSSR count). The van der Waals surface area contributed by atoms with Crippen LogP contribution in [0.4, 0.5) is 5.69 Å². The van der Waals surface area contributed by atoms with E-state index in [0.717, 1.165) is 32.7 Å². The standard InChI is InChI=1S/C23H18Cl2N2O2S/c1-13-9-14(2)22-20(10-13)27-23(29-22)15-3-8-18(25)19(11-15)26-21(28)12-30-17-6-4-16(24)5-7-17/h3-11H,12H2,1-2H3,(H,26,28). The van der Waals surface area contributed by atoms with E-state index in [1.54, 1.807) is 24.3 Å². The van der Waals surface area contributed by atoms with Gasteiger partial charge < -0.3 is 9.73 Å². The molecule has 4 aromatic rings. The van der Waals surface area contributed by atoms with E-state index in [9.17, 15) is 4.79 Å². The molecule has 0 fully saturated rings. The van der Waals surface area contributed by atoms with Crippen LogP contribution in [0.1, 0.15) is 11.1 Å². The third-order valence-corrected chi connectivity index (χ3v) is 6.08. The molecular weight excluding hydrogens is 439 g/mol. The highest BCUT2D eigenvalue weighted by Crippen LogP contribution is 2.32. The number of aromatic nitrogens is 1. The van der Waals surface area contributed by atoms with Crippen LogP contribution in [0.5, 0.6) is 0 Å². The maximum atomic E-state index is 12.4. The van der Waals surface area contributed by atoms with Gasteiger partial charge in [-0.2, -0.15) is 0 Å². The summed E-state index contributed by atoms with van der Waals surface area (Å²) in [5, 5.41) is 3.98. The summed E-state index contributed by atoms with van der Waals surface area (Å²) in [5.41, 5.74) is 4.99. The SMILES string of the molecule is Cc1cc(C)c2oc(-c3ccc(Cl)c(NC(=O)CSc4ccc(Cl)cc4)c3)nc2c1. The van der Waals surface area contributed by atoms with Crippen LogP contribution in [-0.4, -0.2) is 16.6 Å². The molecule has 0 spiro atoms. The van der Waals surface area contributed by atoms with Gasteiger partial charge in [-0.25, -0.2) is 4.98 Å². The maximum Gasteiger partial charge on any atom is 0.234 e. The Labute approximate surface area is 188 Å². The first kappa shape index (κ1) is 20.8. The summed E-state index contributed by atoms with van der Waals surface area (Å²) in [4.78, 5) is 18.0. The van der Waals surface area contributed by atoms with Gasteiger partial charge >= 0.3 is 0 Å². The van der Waals surface area contributed by atoms with E-state index in [4.69, 9.17) is 27.6 Å². The maximum absolute atomic E-state index is 12.4. The zero-order valence-electron chi connectivity index (χ0n) is 16.3. The van der Waals surface area contributed by atoms with Crippen molar-refractivity contribution in [3.8, 4) is 11.5 Å². The van der Waals surface area contributed by atoms with Crippen molar-refractivity contribution in [3.05, 3.63) is 75.8 Å². The number of aryl methyl sites for hydroxylation is 2. The molecule has 152 valence electrons. The molecule has 0 bridgehead atoms. The molecule has 0 aliphatic heterocycles. The van der Waals surface area contributed by atoms with Crippen LogP contribution >= 0.6 is 35.0 Å². The van der Waals surface area contributed by atoms with E-state index in [0.29, 0.717) is 21.6 Å². The quantitative estimate of drug-likeness (QED) is 0.324. The lowest BCUT2D eigenvalue weighted by molar-refractivity contribution is -0.113. The molecule has 0 saturated carbocycles. The van der Waals surface area contributed by atoms with Gasteiger partial charge in [-0.3, -0.25) is 4.79 Å². The zero-order valence-corrected chi connectivity index (χ0v) is 18.7. The fourth-order valence-electron chi connectivity index (χ4n) is 3.12. The first-order valence-electron chi connectivity index (χ1n) is 9.25. The molecule has 3 aromatic carbocycles. The van der Waals surface area contributed by atoms with E-state index in [-0.39, 0.29) is 11.7 Å². The second-order valence-electron chi connectivity index (χ2n) is 6.93. The van der Waals surface area contributed by atoms with Crippen LogP contribution < -0.4 is 5.32 Å². The third-order valence-electron chi connectivity index (χ3n) is 4.49. The zero-order chi connectivity index (χ0) is 21.3. The summed E-state index contributed by atoms with van der Waals surface area (Å²) >= 11 is 13.6. The molecule has 0 aliphatic carbocycles. The first-order valence-corrected chi connectivity index (χ1v) is 11.0. The number of oxazole rings is 1. The van der Waals surface area contributed by atoms with Gasteiger partial charge in [-0.05, 0) is 73.5 Å². The second kappa shape index (κ2) is 8.72. The largest absolute Gasteiger partial charge is 0.436 e. The van der Waals surface area contributed by atoms with E-state index >= 15 is 0 Å². The molecule has 0 saturated heterocycles. The lowest BCUT2D eigenvalue weighted by atomic mass is 10.1. The number of halogens is 2. The number of amides is 1. The number of carbonyl (C=O) groups is 1. The monoisotopic (exact) mass is 456 g/mol. The van der Waals surface area contributed by atoms with Crippen LogP contribution in [-0.2, 0) is 4.79 Å². The summed E-state index contributed by atoms with van der Waals surface area (Å²) in [5.74, 6) is 0.586. The highest BCUT2D eigenvalue weighted by atomic mass is 35.5. The second-order valence-corrected chi connectivity index (χ2v) is 8.83. The fourth-order valence-corrected chi connectivity index (χ4v) is 4.11. The van der Waals surface area contributed by atoms with Crippen LogP contribution in [0.2, 0.25) is 10.0 Å². The van der Waals surface area contributed by atoms with Crippen LogP contribution in [0.3, 0.4) is 0 Å². The summed E-state index contributed by atoms with van der Waals surface area (Å²) in [6.45, 7) is 4.02.